The Morgan fingerprint density at radius 3 is 2.54 bits per heavy atom. The van der Waals surface area contributed by atoms with Crippen molar-refractivity contribution in [2.24, 2.45) is 5.14 Å². The first-order valence-corrected chi connectivity index (χ1v) is 9.06. The number of hydrogen-bond acceptors (Lipinski definition) is 5. The molecule has 0 aliphatic carbocycles. The van der Waals surface area contributed by atoms with Crippen LogP contribution < -0.4 is 10.5 Å². The lowest BCUT2D eigenvalue weighted by Gasteiger charge is -2.09. The third kappa shape index (κ3) is 5.01. The van der Waals surface area contributed by atoms with Crippen LogP contribution in [0.4, 0.5) is 10.1 Å². The lowest BCUT2D eigenvalue weighted by molar-refractivity contribution is -0.119. The number of primary sulfonamides is 1. The minimum absolute atomic E-state index is 0.0332. The number of anilines is 1. The summed E-state index contributed by atoms with van der Waals surface area (Å²) in [6, 6.07) is 7.30. The van der Waals surface area contributed by atoms with Crippen molar-refractivity contribution in [1.82, 2.24) is 0 Å². The van der Waals surface area contributed by atoms with Crippen molar-refractivity contribution in [1.29, 1.82) is 0 Å². The Balaban J connectivity index is 2.04. The number of carbonyl (C=O) groups excluding carboxylic acids is 2. The molecule has 10 heteroatoms. The number of benzene rings is 2. The minimum Gasteiger partial charge on any atom is -0.452 e. The zero-order chi connectivity index (χ0) is 19.5. The van der Waals surface area contributed by atoms with Gasteiger partial charge in [-0.1, -0.05) is 17.7 Å². The first-order valence-electron chi connectivity index (χ1n) is 7.13. The van der Waals surface area contributed by atoms with Gasteiger partial charge in [-0.3, -0.25) is 4.79 Å². The fourth-order valence-corrected chi connectivity index (χ4v) is 2.70. The Hall–Kier alpha value is -2.49. The molecule has 0 aromatic heterocycles. The average molecular weight is 401 g/mol. The highest BCUT2D eigenvalue weighted by Gasteiger charge is 2.17. The van der Waals surface area contributed by atoms with Crippen LogP contribution in [0.3, 0.4) is 0 Å². The third-order valence-corrected chi connectivity index (χ3v) is 4.50. The van der Waals surface area contributed by atoms with Gasteiger partial charge in [0, 0.05) is 5.69 Å². The standard InChI is InChI=1S/C16H14ClFN2O5S/c1-9-2-4-11(26(19,23)24)7-12(9)16(22)25-8-15(21)20-10-3-5-14(18)13(17)6-10/h2-7H,8H2,1H3,(H,20,21)(H2,19,23,24). The molecule has 0 spiro atoms. The van der Waals surface area contributed by atoms with E-state index in [4.69, 9.17) is 21.5 Å². The summed E-state index contributed by atoms with van der Waals surface area (Å²) >= 11 is 5.60. The van der Waals surface area contributed by atoms with E-state index in [0.717, 1.165) is 12.1 Å². The highest BCUT2D eigenvalue weighted by atomic mass is 35.5. The number of carbonyl (C=O) groups is 2. The van der Waals surface area contributed by atoms with E-state index in [2.05, 4.69) is 5.32 Å². The van der Waals surface area contributed by atoms with Crippen LogP contribution in [0.15, 0.2) is 41.3 Å². The van der Waals surface area contributed by atoms with E-state index >= 15 is 0 Å². The molecule has 138 valence electrons. The molecule has 0 saturated carbocycles. The second-order valence-corrected chi connectivity index (χ2v) is 7.24. The van der Waals surface area contributed by atoms with Crippen LogP contribution in [0, 0.1) is 12.7 Å². The smallest absolute Gasteiger partial charge is 0.338 e. The van der Waals surface area contributed by atoms with Crippen molar-refractivity contribution in [3.05, 3.63) is 58.4 Å². The molecule has 2 aromatic carbocycles. The molecule has 0 atom stereocenters. The Morgan fingerprint density at radius 1 is 1.23 bits per heavy atom. The second-order valence-electron chi connectivity index (χ2n) is 5.27. The van der Waals surface area contributed by atoms with Gasteiger partial charge in [0.05, 0.1) is 15.5 Å². The molecule has 0 heterocycles. The fourth-order valence-electron chi connectivity index (χ4n) is 1.98. The number of amides is 1. The van der Waals surface area contributed by atoms with Crippen LogP contribution in [0.5, 0.6) is 0 Å². The number of rotatable bonds is 5. The highest BCUT2D eigenvalue weighted by Crippen LogP contribution is 2.19. The molecular formula is C16H14ClFN2O5S. The minimum atomic E-state index is -3.99. The number of nitrogens with one attached hydrogen (secondary N) is 1. The topological polar surface area (TPSA) is 116 Å². The van der Waals surface area contributed by atoms with Crippen molar-refractivity contribution >= 4 is 39.2 Å². The molecule has 2 aromatic rings. The highest BCUT2D eigenvalue weighted by molar-refractivity contribution is 7.89. The van der Waals surface area contributed by atoms with Crippen molar-refractivity contribution in [3.8, 4) is 0 Å². The van der Waals surface area contributed by atoms with E-state index in [1.165, 1.54) is 24.3 Å². The number of esters is 1. The Morgan fingerprint density at radius 2 is 1.92 bits per heavy atom. The van der Waals surface area contributed by atoms with Crippen molar-refractivity contribution < 1.29 is 27.1 Å². The van der Waals surface area contributed by atoms with Gasteiger partial charge in [-0.25, -0.2) is 22.7 Å². The molecule has 0 aliphatic rings. The molecule has 7 nitrogen and oxygen atoms in total. The zero-order valence-electron chi connectivity index (χ0n) is 13.5. The summed E-state index contributed by atoms with van der Waals surface area (Å²) in [5, 5.41) is 7.24. The van der Waals surface area contributed by atoms with Gasteiger partial charge in [-0.15, -0.1) is 0 Å². The van der Waals surface area contributed by atoms with Crippen LogP contribution in [0.2, 0.25) is 5.02 Å². The molecule has 1 amide bonds. The predicted octanol–water partition coefficient (Wildman–Crippen LogP) is 2.23. The number of ether oxygens (including phenoxy) is 1. The zero-order valence-corrected chi connectivity index (χ0v) is 15.0. The molecule has 0 unspecified atom stereocenters. The van der Waals surface area contributed by atoms with Gasteiger partial charge < -0.3 is 10.1 Å². The largest absolute Gasteiger partial charge is 0.452 e. The summed E-state index contributed by atoms with van der Waals surface area (Å²) in [7, 11) is -3.99. The van der Waals surface area contributed by atoms with Gasteiger partial charge in [0.25, 0.3) is 5.91 Å². The van der Waals surface area contributed by atoms with Gasteiger partial charge in [-0.2, -0.15) is 0 Å². The maximum Gasteiger partial charge on any atom is 0.338 e. The Kier molecular flexibility index (Phi) is 5.96. The quantitative estimate of drug-likeness (QED) is 0.746. The first kappa shape index (κ1) is 19.8. The summed E-state index contributed by atoms with van der Waals surface area (Å²) < 4.78 is 40.7. The third-order valence-electron chi connectivity index (χ3n) is 3.30. The van der Waals surface area contributed by atoms with Gasteiger partial charge in [-0.05, 0) is 42.8 Å². The van der Waals surface area contributed by atoms with E-state index < -0.39 is 34.3 Å². The molecule has 0 bridgehead atoms. The van der Waals surface area contributed by atoms with Gasteiger partial charge in [0.1, 0.15) is 5.82 Å². The average Bonchev–Trinajstić information content (AvgIpc) is 2.55. The first-order chi connectivity index (χ1) is 12.1. The van der Waals surface area contributed by atoms with E-state index in [1.54, 1.807) is 6.92 Å². The van der Waals surface area contributed by atoms with Gasteiger partial charge >= 0.3 is 5.97 Å². The fraction of sp³-hybridized carbons (Fsp3) is 0.125. The van der Waals surface area contributed by atoms with Crippen LogP contribution in [0.1, 0.15) is 15.9 Å². The van der Waals surface area contributed by atoms with E-state index in [0.29, 0.717) is 5.56 Å². The molecule has 3 N–H and O–H groups in total. The summed E-state index contributed by atoms with van der Waals surface area (Å²) in [6.45, 7) is 0.941. The van der Waals surface area contributed by atoms with Crippen LogP contribution in [0.25, 0.3) is 0 Å². The normalized spacial score (nSPS) is 11.1. The summed E-state index contributed by atoms with van der Waals surface area (Å²) in [4.78, 5) is 23.7. The monoisotopic (exact) mass is 400 g/mol. The maximum absolute atomic E-state index is 13.1. The maximum atomic E-state index is 13.1. The molecule has 2 rings (SSSR count). The summed E-state index contributed by atoms with van der Waals surface area (Å²) in [5.41, 5.74) is 0.645. The molecule has 0 fully saturated rings. The van der Waals surface area contributed by atoms with Crippen molar-refractivity contribution in [2.45, 2.75) is 11.8 Å². The van der Waals surface area contributed by atoms with E-state index in [-0.39, 0.29) is 21.2 Å². The number of hydrogen-bond donors (Lipinski definition) is 2. The molecule has 26 heavy (non-hydrogen) atoms. The number of halogens is 2. The predicted molar refractivity (Wildman–Crippen MR) is 92.9 cm³/mol. The number of sulfonamides is 1. The number of aryl methyl sites for hydroxylation is 1. The van der Waals surface area contributed by atoms with Crippen molar-refractivity contribution in [2.75, 3.05) is 11.9 Å². The summed E-state index contributed by atoms with van der Waals surface area (Å²) in [5.74, 6) is -2.21. The SMILES string of the molecule is Cc1ccc(S(N)(=O)=O)cc1C(=O)OCC(=O)Nc1ccc(F)c(Cl)c1. The molecule has 0 aliphatic heterocycles. The lowest BCUT2D eigenvalue weighted by Crippen LogP contribution is -2.21. The molecular weight excluding hydrogens is 387 g/mol. The van der Waals surface area contributed by atoms with E-state index in [9.17, 15) is 22.4 Å². The summed E-state index contributed by atoms with van der Waals surface area (Å²) in [6.07, 6.45) is 0. The molecule has 0 radical (unpaired) electrons. The van der Waals surface area contributed by atoms with Crippen LogP contribution in [-0.4, -0.2) is 26.9 Å². The van der Waals surface area contributed by atoms with E-state index in [1.807, 2.05) is 0 Å². The van der Waals surface area contributed by atoms with Crippen LogP contribution >= 0.6 is 11.6 Å². The lowest BCUT2D eigenvalue weighted by atomic mass is 10.1. The van der Waals surface area contributed by atoms with Crippen molar-refractivity contribution in [3.63, 3.8) is 0 Å². The number of nitrogens with two attached hydrogens (primary N) is 1. The molecule has 0 saturated heterocycles. The van der Waals surface area contributed by atoms with Gasteiger partial charge in [0.2, 0.25) is 10.0 Å². The Bertz CT molecular complexity index is 979. The van der Waals surface area contributed by atoms with Crippen LogP contribution in [-0.2, 0) is 19.6 Å². The van der Waals surface area contributed by atoms with Gasteiger partial charge in [0.15, 0.2) is 6.61 Å². The second kappa shape index (κ2) is 7.81. The Labute approximate surface area is 154 Å².